The second kappa shape index (κ2) is 7.10. The number of benzene rings is 2. The van der Waals surface area contributed by atoms with Gasteiger partial charge in [0.25, 0.3) is 0 Å². The molecular weight excluding hydrogens is 324 g/mol. The van der Waals surface area contributed by atoms with Crippen molar-refractivity contribution in [2.24, 2.45) is 0 Å². The van der Waals surface area contributed by atoms with Crippen molar-refractivity contribution in [2.45, 2.75) is 13.5 Å². The maximum Gasteiger partial charge on any atom is 0.319 e. The SMILES string of the molecule is CC(=O)Nc1nc2ccc(NC(=O)NCc3ccccc3)cc2s1. The third-order valence-electron chi connectivity index (χ3n) is 3.23. The van der Waals surface area contributed by atoms with Crippen LogP contribution >= 0.6 is 11.3 Å². The minimum atomic E-state index is -0.273. The molecule has 0 unspecified atom stereocenters. The maximum atomic E-state index is 12.0. The van der Waals surface area contributed by atoms with Gasteiger partial charge in [-0.15, -0.1) is 0 Å². The summed E-state index contributed by atoms with van der Waals surface area (Å²) in [4.78, 5) is 27.4. The molecule has 3 rings (SSSR count). The first-order valence-electron chi connectivity index (χ1n) is 7.37. The van der Waals surface area contributed by atoms with Crippen molar-refractivity contribution >= 4 is 44.3 Å². The summed E-state index contributed by atoms with van der Waals surface area (Å²) in [5.74, 6) is -0.160. The molecule has 1 aromatic heterocycles. The number of nitrogens with one attached hydrogen (secondary N) is 3. The number of hydrogen-bond acceptors (Lipinski definition) is 4. The number of carbonyl (C=O) groups is 2. The van der Waals surface area contributed by atoms with Gasteiger partial charge in [0, 0.05) is 19.2 Å². The van der Waals surface area contributed by atoms with Crippen LogP contribution in [0.4, 0.5) is 15.6 Å². The van der Waals surface area contributed by atoms with Gasteiger partial charge in [-0.05, 0) is 23.8 Å². The minimum Gasteiger partial charge on any atom is -0.334 e. The average molecular weight is 340 g/mol. The number of hydrogen-bond donors (Lipinski definition) is 3. The number of urea groups is 1. The van der Waals surface area contributed by atoms with Crippen molar-refractivity contribution in [2.75, 3.05) is 10.6 Å². The molecule has 0 saturated heterocycles. The number of anilines is 2. The van der Waals surface area contributed by atoms with Crippen molar-refractivity contribution in [3.05, 3.63) is 54.1 Å². The van der Waals surface area contributed by atoms with Crippen LogP contribution in [0.15, 0.2) is 48.5 Å². The summed E-state index contributed by atoms with van der Waals surface area (Å²) in [5.41, 5.74) is 2.48. The highest BCUT2D eigenvalue weighted by Crippen LogP contribution is 2.28. The second-order valence-electron chi connectivity index (χ2n) is 5.18. The summed E-state index contributed by atoms with van der Waals surface area (Å²) in [6.07, 6.45) is 0. The quantitative estimate of drug-likeness (QED) is 0.679. The third-order valence-corrected chi connectivity index (χ3v) is 4.16. The van der Waals surface area contributed by atoms with Crippen LogP contribution in [0, 0.1) is 0 Å². The average Bonchev–Trinajstić information content (AvgIpc) is 2.94. The predicted molar refractivity (Wildman–Crippen MR) is 96.2 cm³/mol. The molecule has 6 nitrogen and oxygen atoms in total. The third kappa shape index (κ3) is 4.08. The van der Waals surface area contributed by atoms with E-state index in [0.717, 1.165) is 15.8 Å². The lowest BCUT2D eigenvalue weighted by atomic mass is 10.2. The van der Waals surface area contributed by atoms with E-state index in [4.69, 9.17) is 0 Å². The molecular formula is C17H16N4O2S. The van der Waals surface area contributed by atoms with Gasteiger partial charge in [-0.2, -0.15) is 0 Å². The number of nitrogens with zero attached hydrogens (tertiary/aromatic N) is 1. The molecule has 0 radical (unpaired) electrons. The van der Waals surface area contributed by atoms with Crippen molar-refractivity contribution in [1.29, 1.82) is 0 Å². The van der Waals surface area contributed by atoms with E-state index in [2.05, 4.69) is 20.9 Å². The van der Waals surface area contributed by atoms with Crippen molar-refractivity contribution in [3.63, 3.8) is 0 Å². The van der Waals surface area contributed by atoms with Gasteiger partial charge in [-0.3, -0.25) is 4.79 Å². The lowest BCUT2D eigenvalue weighted by Gasteiger charge is -2.07. The van der Waals surface area contributed by atoms with E-state index in [1.54, 1.807) is 6.07 Å². The normalized spacial score (nSPS) is 10.4. The topological polar surface area (TPSA) is 83.1 Å². The van der Waals surface area contributed by atoms with Gasteiger partial charge in [0.1, 0.15) is 0 Å². The molecule has 2 aromatic carbocycles. The fourth-order valence-corrected chi connectivity index (χ4v) is 3.11. The van der Waals surface area contributed by atoms with Crippen LogP contribution in [-0.4, -0.2) is 16.9 Å². The molecule has 3 N–H and O–H groups in total. The molecule has 3 aromatic rings. The van der Waals surface area contributed by atoms with Crippen LogP contribution in [0.1, 0.15) is 12.5 Å². The zero-order valence-electron chi connectivity index (χ0n) is 13.0. The van der Waals surface area contributed by atoms with Gasteiger partial charge < -0.3 is 16.0 Å². The lowest BCUT2D eigenvalue weighted by molar-refractivity contribution is -0.114. The molecule has 3 amide bonds. The molecule has 24 heavy (non-hydrogen) atoms. The maximum absolute atomic E-state index is 12.0. The Hall–Kier alpha value is -2.93. The van der Waals surface area contributed by atoms with Gasteiger partial charge in [0.05, 0.1) is 10.2 Å². The van der Waals surface area contributed by atoms with Crippen LogP contribution in [0.5, 0.6) is 0 Å². The van der Waals surface area contributed by atoms with Crippen LogP contribution in [0.2, 0.25) is 0 Å². The van der Waals surface area contributed by atoms with E-state index in [1.165, 1.54) is 18.3 Å². The van der Waals surface area contributed by atoms with E-state index < -0.39 is 0 Å². The Balaban J connectivity index is 1.64. The zero-order valence-corrected chi connectivity index (χ0v) is 13.8. The Labute approximate surface area is 142 Å². The number of fused-ring (bicyclic) bond motifs is 1. The summed E-state index contributed by atoms with van der Waals surface area (Å²) >= 11 is 1.36. The van der Waals surface area contributed by atoms with Gasteiger partial charge in [0.15, 0.2) is 5.13 Å². The number of rotatable bonds is 4. The fraction of sp³-hybridized carbons (Fsp3) is 0.118. The van der Waals surface area contributed by atoms with E-state index in [0.29, 0.717) is 17.4 Å². The van der Waals surface area contributed by atoms with Gasteiger partial charge in [-0.25, -0.2) is 9.78 Å². The van der Waals surface area contributed by atoms with E-state index in [9.17, 15) is 9.59 Å². The monoisotopic (exact) mass is 340 g/mol. The molecule has 0 aliphatic rings. The molecule has 0 atom stereocenters. The van der Waals surface area contributed by atoms with Crippen molar-refractivity contribution in [3.8, 4) is 0 Å². The second-order valence-corrected chi connectivity index (χ2v) is 6.21. The first kappa shape index (κ1) is 15.9. The van der Waals surface area contributed by atoms with Crippen LogP contribution in [0.25, 0.3) is 10.2 Å². The first-order valence-corrected chi connectivity index (χ1v) is 8.19. The number of thiazole rings is 1. The van der Waals surface area contributed by atoms with Crippen LogP contribution < -0.4 is 16.0 Å². The summed E-state index contributed by atoms with van der Waals surface area (Å²) in [6.45, 7) is 1.90. The molecule has 7 heteroatoms. The summed E-state index contributed by atoms with van der Waals surface area (Å²) in [5, 5.41) is 8.81. The highest BCUT2D eigenvalue weighted by atomic mass is 32.1. The highest BCUT2D eigenvalue weighted by molar-refractivity contribution is 7.22. The first-order chi connectivity index (χ1) is 11.6. The predicted octanol–water partition coefficient (Wildman–Crippen LogP) is 3.58. The zero-order chi connectivity index (χ0) is 16.9. The molecule has 0 aliphatic heterocycles. The smallest absolute Gasteiger partial charge is 0.319 e. The molecule has 1 heterocycles. The van der Waals surface area contributed by atoms with E-state index >= 15 is 0 Å². The standard InChI is InChI=1S/C17H16N4O2S/c1-11(22)19-17-21-14-8-7-13(9-15(14)24-17)20-16(23)18-10-12-5-3-2-4-6-12/h2-9H,10H2,1H3,(H2,18,20,23)(H,19,21,22). The summed E-state index contributed by atoms with van der Waals surface area (Å²) < 4.78 is 0.889. The number of aromatic nitrogens is 1. The van der Waals surface area contributed by atoms with Gasteiger partial charge in [-0.1, -0.05) is 41.7 Å². The Morgan fingerprint density at radius 2 is 1.88 bits per heavy atom. The molecule has 0 spiro atoms. The van der Waals surface area contributed by atoms with Gasteiger partial charge >= 0.3 is 6.03 Å². The lowest BCUT2D eigenvalue weighted by Crippen LogP contribution is -2.28. The Morgan fingerprint density at radius 3 is 2.62 bits per heavy atom. The molecule has 0 aliphatic carbocycles. The molecule has 122 valence electrons. The molecule has 0 saturated carbocycles. The highest BCUT2D eigenvalue weighted by Gasteiger charge is 2.07. The van der Waals surface area contributed by atoms with Gasteiger partial charge in [0.2, 0.25) is 5.91 Å². The Morgan fingerprint density at radius 1 is 1.08 bits per heavy atom. The summed E-state index contributed by atoms with van der Waals surface area (Å²) in [7, 11) is 0. The van der Waals surface area contributed by atoms with Crippen LogP contribution in [-0.2, 0) is 11.3 Å². The Bertz CT molecular complexity index is 877. The van der Waals surface area contributed by atoms with E-state index in [-0.39, 0.29) is 11.9 Å². The van der Waals surface area contributed by atoms with Crippen molar-refractivity contribution in [1.82, 2.24) is 10.3 Å². The van der Waals surface area contributed by atoms with E-state index in [1.807, 2.05) is 42.5 Å². The summed E-state index contributed by atoms with van der Waals surface area (Å²) in [6, 6.07) is 14.8. The fourth-order valence-electron chi connectivity index (χ4n) is 2.16. The Kier molecular flexibility index (Phi) is 4.72. The molecule has 0 fully saturated rings. The van der Waals surface area contributed by atoms with Crippen LogP contribution in [0.3, 0.4) is 0 Å². The largest absolute Gasteiger partial charge is 0.334 e. The minimum absolute atomic E-state index is 0.160. The number of amides is 3. The number of carbonyl (C=O) groups excluding carboxylic acids is 2. The molecule has 0 bridgehead atoms. The van der Waals surface area contributed by atoms with Crippen molar-refractivity contribution < 1.29 is 9.59 Å².